The maximum absolute atomic E-state index is 13.1. The number of aryl methyl sites for hydroxylation is 1. The van der Waals surface area contributed by atoms with E-state index >= 15 is 0 Å². The molecule has 0 spiro atoms. The van der Waals surface area contributed by atoms with Gasteiger partial charge in [0.15, 0.2) is 13.3 Å². The summed E-state index contributed by atoms with van der Waals surface area (Å²) in [4.78, 5) is 30.0. The Bertz CT molecular complexity index is 2510. The van der Waals surface area contributed by atoms with Crippen LogP contribution >= 0.6 is 23.2 Å². The van der Waals surface area contributed by atoms with E-state index in [0.29, 0.717) is 45.3 Å². The van der Waals surface area contributed by atoms with E-state index in [-0.39, 0.29) is 38.2 Å². The molecule has 16 heteroatoms. The Kier molecular flexibility index (Phi) is 14.9. The number of halogens is 2. The number of allylic oxidation sites excluding steroid dienone is 2. The molecule has 4 aromatic carbocycles. The van der Waals surface area contributed by atoms with Crippen LogP contribution in [0.5, 0.6) is 0 Å². The van der Waals surface area contributed by atoms with E-state index in [1.54, 1.807) is 53.3 Å². The van der Waals surface area contributed by atoms with Gasteiger partial charge in [0.2, 0.25) is 5.58 Å². The standard InChI is InChI=1S/C42H42Cl2N4O9S.C2H4/c1-4-46-34-25-32(43)33(44)26-35(34)48(27-56-40(49)20-22-45(3)31-17-15-30(16-18-31)42(2,52)41(50)51)38(46)12-8-13-39-47(21-9-23-58(53,54)55)36-24-29(14-19-37(36)57-39)28-10-6-5-7-11-28;1-2/h5-8,10-19,24-26,52H,4,9,20-23,27H2,1-3H3,(H-,50,51,53,54,55);1-2H2/p-1. The fraction of sp³-hybridized carbons (Fsp3) is 0.250. The number of hydrogen-bond acceptors (Lipinski definition) is 12. The van der Waals surface area contributed by atoms with Crippen molar-refractivity contribution in [1.82, 2.24) is 0 Å². The van der Waals surface area contributed by atoms with Crippen molar-refractivity contribution in [3.63, 3.8) is 0 Å². The number of esters is 1. The maximum Gasteiger partial charge on any atom is 0.374 e. The molecule has 0 amide bonds. The molecule has 6 rings (SSSR count). The Morgan fingerprint density at radius 3 is 2.25 bits per heavy atom. The zero-order valence-electron chi connectivity index (χ0n) is 33.3. The largest absolute Gasteiger partial charge is 0.748 e. The molecule has 2 heterocycles. The summed E-state index contributed by atoms with van der Waals surface area (Å²) in [5.74, 6) is -1.55. The van der Waals surface area contributed by atoms with E-state index in [1.165, 1.54) is 12.1 Å². The number of rotatable bonds is 16. The average Bonchev–Trinajstić information content (AvgIpc) is 3.72. The molecule has 1 aliphatic heterocycles. The molecule has 1 N–H and O–H groups in total. The third kappa shape index (κ3) is 10.6. The van der Waals surface area contributed by atoms with Crippen molar-refractivity contribution in [2.75, 3.05) is 47.3 Å². The Morgan fingerprint density at radius 1 is 0.983 bits per heavy atom. The number of carboxylic acids is 1. The van der Waals surface area contributed by atoms with Crippen molar-refractivity contribution < 1.29 is 46.5 Å². The lowest BCUT2D eigenvalue weighted by Crippen LogP contribution is -2.43. The van der Waals surface area contributed by atoms with E-state index in [9.17, 15) is 32.8 Å². The van der Waals surface area contributed by atoms with Gasteiger partial charge in [-0.05, 0) is 73.0 Å². The third-order valence-corrected chi connectivity index (χ3v) is 11.4. The SMILES string of the molecule is C=C.CCN1C(=CC=Cc2oc3ccc(-c4ccccc4)cc3[n+]2CCCS(=O)(=O)[O-])N(COC(=O)CCN(C)c2ccc(C(C)(O)C(=O)[O-])cc2)c2cc(Cl)c(Cl)cc21. The molecule has 1 unspecified atom stereocenters. The van der Waals surface area contributed by atoms with Crippen LogP contribution in [0.25, 0.3) is 28.3 Å². The Morgan fingerprint density at radius 2 is 1.63 bits per heavy atom. The highest BCUT2D eigenvalue weighted by molar-refractivity contribution is 7.85. The van der Waals surface area contributed by atoms with Gasteiger partial charge >= 0.3 is 11.9 Å². The maximum atomic E-state index is 13.1. The quantitative estimate of drug-likeness (QED) is 0.0488. The topological polar surface area (TPSA) is 171 Å². The number of carbonyl (C=O) groups excluding carboxylic acids is 2. The van der Waals surface area contributed by atoms with Crippen LogP contribution in [0.2, 0.25) is 10.0 Å². The molecule has 0 fully saturated rings. The van der Waals surface area contributed by atoms with Gasteiger partial charge in [0.05, 0.1) is 50.0 Å². The fourth-order valence-electron chi connectivity index (χ4n) is 6.64. The zero-order chi connectivity index (χ0) is 43.8. The van der Waals surface area contributed by atoms with Gasteiger partial charge in [-0.3, -0.25) is 9.69 Å². The van der Waals surface area contributed by atoms with E-state index in [2.05, 4.69) is 13.2 Å². The zero-order valence-corrected chi connectivity index (χ0v) is 35.7. The number of aliphatic hydroxyl groups is 1. The predicted molar refractivity (Wildman–Crippen MR) is 231 cm³/mol. The van der Waals surface area contributed by atoms with Crippen LogP contribution < -0.4 is 24.4 Å². The third-order valence-electron chi connectivity index (χ3n) is 9.84. The van der Waals surface area contributed by atoms with Crippen molar-refractivity contribution in [2.24, 2.45) is 0 Å². The van der Waals surface area contributed by atoms with Crippen LogP contribution in [0, 0.1) is 0 Å². The van der Waals surface area contributed by atoms with Gasteiger partial charge < -0.3 is 38.5 Å². The molecule has 0 radical (unpaired) electrons. The lowest BCUT2D eigenvalue weighted by molar-refractivity contribution is -0.677. The van der Waals surface area contributed by atoms with E-state index in [0.717, 1.165) is 29.3 Å². The van der Waals surface area contributed by atoms with Gasteiger partial charge in [-0.15, -0.1) is 13.2 Å². The number of carboxylic acid groups (broad SMARTS) is 1. The molecule has 5 aromatic rings. The first-order valence-electron chi connectivity index (χ1n) is 18.9. The average molecular weight is 877 g/mol. The summed E-state index contributed by atoms with van der Waals surface area (Å²) < 4.78 is 48.3. The summed E-state index contributed by atoms with van der Waals surface area (Å²) in [6, 6.07) is 25.3. The molecule has 60 heavy (non-hydrogen) atoms. The van der Waals surface area contributed by atoms with Crippen molar-refractivity contribution in [3.05, 3.63) is 138 Å². The summed E-state index contributed by atoms with van der Waals surface area (Å²) >= 11 is 12.9. The number of aromatic nitrogens is 1. The van der Waals surface area contributed by atoms with Crippen molar-refractivity contribution >= 4 is 79.5 Å². The smallest absolute Gasteiger partial charge is 0.374 e. The second-order valence-corrected chi connectivity index (χ2v) is 16.1. The first-order chi connectivity index (χ1) is 28.6. The highest BCUT2D eigenvalue weighted by Crippen LogP contribution is 2.45. The second kappa shape index (κ2) is 19.6. The molecule has 0 saturated heterocycles. The molecular weight excluding hydrogens is 831 g/mol. The second-order valence-electron chi connectivity index (χ2n) is 13.8. The summed E-state index contributed by atoms with van der Waals surface area (Å²) in [5, 5.41) is 22.2. The van der Waals surface area contributed by atoms with Crippen LogP contribution in [0.4, 0.5) is 17.1 Å². The molecule has 0 bridgehead atoms. The Labute approximate surface area is 359 Å². The summed E-state index contributed by atoms with van der Waals surface area (Å²) in [6.45, 7) is 9.96. The number of oxazole rings is 1. The van der Waals surface area contributed by atoms with Gasteiger partial charge in [0, 0.05) is 44.1 Å². The van der Waals surface area contributed by atoms with E-state index in [4.69, 9.17) is 32.4 Å². The normalized spacial score (nSPS) is 14.2. The number of benzene rings is 4. The van der Waals surface area contributed by atoms with Crippen LogP contribution in [-0.4, -0.2) is 62.6 Å². The lowest BCUT2D eigenvalue weighted by Gasteiger charge is -2.26. The summed E-state index contributed by atoms with van der Waals surface area (Å²) in [6.07, 6.45) is 5.44. The summed E-state index contributed by atoms with van der Waals surface area (Å²) in [7, 11) is -2.66. The van der Waals surface area contributed by atoms with Crippen molar-refractivity contribution in [2.45, 2.75) is 38.8 Å². The van der Waals surface area contributed by atoms with Crippen LogP contribution in [0.3, 0.4) is 0 Å². The molecule has 1 aromatic heterocycles. The number of fused-ring (bicyclic) bond motifs is 2. The van der Waals surface area contributed by atoms with Crippen LogP contribution in [0.15, 0.2) is 120 Å². The predicted octanol–water partition coefficient (Wildman–Crippen LogP) is 6.62. The first kappa shape index (κ1) is 45.4. The number of nitrogens with zero attached hydrogens (tertiary/aromatic N) is 4. The fourth-order valence-corrected chi connectivity index (χ4v) is 7.43. The molecule has 0 aliphatic carbocycles. The number of carbonyl (C=O) groups is 2. The van der Waals surface area contributed by atoms with Gasteiger partial charge in [0.1, 0.15) is 11.4 Å². The molecular formula is C44H45Cl2N4O9S-. The minimum atomic E-state index is -4.43. The van der Waals surface area contributed by atoms with Gasteiger partial charge in [-0.1, -0.05) is 71.7 Å². The minimum Gasteiger partial charge on any atom is -0.748 e. The highest BCUT2D eigenvalue weighted by atomic mass is 35.5. The number of anilines is 3. The number of hydrogen-bond donors (Lipinski definition) is 1. The van der Waals surface area contributed by atoms with Gasteiger partial charge in [0.25, 0.3) is 5.52 Å². The molecule has 1 atom stereocenters. The number of aliphatic carboxylic acids is 1. The molecule has 1 aliphatic rings. The Hall–Kier alpha value is -5.64. The van der Waals surface area contributed by atoms with E-state index in [1.807, 2.05) is 71.0 Å². The van der Waals surface area contributed by atoms with Crippen molar-refractivity contribution in [1.29, 1.82) is 0 Å². The monoisotopic (exact) mass is 875 g/mol. The van der Waals surface area contributed by atoms with Gasteiger partial charge in [-0.25, -0.2) is 8.42 Å². The van der Waals surface area contributed by atoms with Crippen LogP contribution in [0.1, 0.15) is 38.1 Å². The molecule has 13 nitrogen and oxygen atoms in total. The van der Waals surface area contributed by atoms with Crippen molar-refractivity contribution in [3.8, 4) is 11.1 Å². The highest BCUT2D eigenvalue weighted by Gasteiger charge is 2.32. The van der Waals surface area contributed by atoms with Gasteiger partial charge in [-0.2, -0.15) is 4.57 Å². The molecule has 0 saturated carbocycles. The van der Waals surface area contributed by atoms with E-state index < -0.39 is 33.4 Å². The molecule has 316 valence electrons. The lowest BCUT2D eigenvalue weighted by atomic mass is 9.96. The summed E-state index contributed by atoms with van der Waals surface area (Å²) in [5.41, 5.74) is 3.36. The first-order valence-corrected chi connectivity index (χ1v) is 21.2. The van der Waals surface area contributed by atoms with Crippen LogP contribution in [-0.2, 0) is 36.6 Å². The number of ether oxygens (including phenoxy) is 1. The Balaban J connectivity index is 0.00000336. The minimum absolute atomic E-state index is 0.0270.